The number of rotatable bonds is 4. The van der Waals surface area contributed by atoms with Gasteiger partial charge in [0.1, 0.15) is 0 Å². The van der Waals surface area contributed by atoms with Crippen molar-refractivity contribution in [3.8, 4) is 11.5 Å². The van der Waals surface area contributed by atoms with Crippen molar-refractivity contribution in [1.29, 1.82) is 0 Å². The molecule has 0 aromatic heterocycles. The van der Waals surface area contributed by atoms with E-state index in [1.165, 1.54) is 17.0 Å². The van der Waals surface area contributed by atoms with Gasteiger partial charge in [-0.1, -0.05) is 23.7 Å². The zero-order chi connectivity index (χ0) is 25.2. The zero-order valence-electron chi connectivity index (χ0n) is 18.4. The summed E-state index contributed by atoms with van der Waals surface area (Å²) in [6.07, 6.45) is -1.19. The zero-order valence-corrected chi connectivity index (χ0v) is 20.0. The Morgan fingerprint density at radius 2 is 1.71 bits per heavy atom. The van der Waals surface area contributed by atoms with E-state index in [9.17, 15) is 26.4 Å². The molecule has 2 aliphatic rings. The van der Waals surface area contributed by atoms with Crippen LogP contribution >= 0.6 is 11.6 Å². The van der Waals surface area contributed by atoms with Gasteiger partial charge < -0.3 is 14.4 Å². The molecular weight excluding hydrogens is 509 g/mol. The summed E-state index contributed by atoms with van der Waals surface area (Å²) in [5.74, 6) is 0.582. The van der Waals surface area contributed by atoms with Gasteiger partial charge in [-0.25, -0.2) is 8.42 Å². The molecule has 0 spiro atoms. The summed E-state index contributed by atoms with van der Waals surface area (Å²) in [4.78, 5) is 13.3. The Hall–Kier alpha value is -2.76. The van der Waals surface area contributed by atoms with Gasteiger partial charge in [-0.3, -0.25) is 4.79 Å². The second-order valence-corrected chi connectivity index (χ2v) is 10.3. The molecule has 1 saturated heterocycles. The minimum absolute atomic E-state index is 0.0402. The van der Waals surface area contributed by atoms with Crippen molar-refractivity contribution in [2.45, 2.75) is 17.5 Å². The Morgan fingerprint density at radius 3 is 2.43 bits per heavy atom. The molecule has 2 aromatic carbocycles. The Balaban J connectivity index is 1.42. The highest BCUT2D eigenvalue weighted by molar-refractivity contribution is 7.89. The summed E-state index contributed by atoms with van der Waals surface area (Å²) in [7, 11) is -4.38. The second kappa shape index (κ2) is 10.1. The van der Waals surface area contributed by atoms with Gasteiger partial charge in [-0.05, 0) is 35.9 Å². The van der Waals surface area contributed by atoms with Crippen molar-refractivity contribution >= 4 is 33.6 Å². The molecule has 0 atom stereocenters. The topological polar surface area (TPSA) is 76.2 Å². The SMILES string of the molecule is O=C(C=Cc1cc(Cl)c2c(c1)OCCCO2)N1CCN(S(=O)(=O)c2ccccc2C(F)(F)F)CC1. The molecule has 188 valence electrons. The first kappa shape index (κ1) is 25.3. The predicted molar refractivity (Wildman–Crippen MR) is 123 cm³/mol. The van der Waals surface area contributed by atoms with Gasteiger partial charge in [0.25, 0.3) is 0 Å². The molecule has 2 aromatic rings. The van der Waals surface area contributed by atoms with Gasteiger partial charge in [0, 0.05) is 38.7 Å². The van der Waals surface area contributed by atoms with E-state index in [4.69, 9.17) is 21.1 Å². The third-order valence-electron chi connectivity index (χ3n) is 5.60. The number of carbonyl (C=O) groups is 1. The number of hydrogen-bond donors (Lipinski definition) is 0. The third kappa shape index (κ3) is 5.57. The highest BCUT2D eigenvalue weighted by atomic mass is 35.5. The van der Waals surface area contributed by atoms with Gasteiger partial charge in [-0.15, -0.1) is 0 Å². The van der Waals surface area contributed by atoms with Crippen LogP contribution in [-0.2, 0) is 21.0 Å². The molecule has 0 bridgehead atoms. The first-order valence-electron chi connectivity index (χ1n) is 10.8. The number of sulfonamides is 1. The minimum Gasteiger partial charge on any atom is -0.489 e. The van der Waals surface area contributed by atoms with Crippen molar-refractivity contribution < 1.29 is 35.9 Å². The molecular formula is C23H22ClF3N2O5S. The number of piperazine rings is 1. The summed E-state index contributed by atoms with van der Waals surface area (Å²) in [6, 6.07) is 7.42. The number of halogens is 4. The first-order valence-corrected chi connectivity index (χ1v) is 12.6. The lowest BCUT2D eigenvalue weighted by atomic mass is 10.1. The highest BCUT2D eigenvalue weighted by Crippen LogP contribution is 2.38. The van der Waals surface area contributed by atoms with Crippen molar-refractivity contribution in [3.63, 3.8) is 0 Å². The molecule has 0 N–H and O–H groups in total. The number of alkyl halides is 3. The largest absolute Gasteiger partial charge is 0.489 e. The normalized spacial score (nSPS) is 17.4. The molecule has 1 fully saturated rings. The molecule has 4 rings (SSSR count). The van der Waals surface area contributed by atoms with Crippen molar-refractivity contribution in [2.75, 3.05) is 39.4 Å². The quantitative estimate of drug-likeness (QED) is 0.557. The van der Waals surface area contributed by atoms with Crippen molar-refractivity contribution in [3.05, 3.63) is 58.6 Å². The fourth-order valence-corrected chi connectivity index (χ4v) is 5.74. The molecule has 0 saturated carbocycles. The fraction of sp³-hybridized carbons (Fsp3) is 0.348. The predicted octanol–water partition coefficient (Wildman–Crippen LogP) is 4.07. The van der Waals surface area contributed by atoms with Crippen LogP contribution in [0, 0.1) is 0 Å². The third-order valence-corrected chi connectivity index (χ3v) is 7.84. The van der Waals surface area contributed by atoms with Gasteiger partial charge in [0.05, 0.1) is 28.7 Å². The van der Waals surface area contributed by atoms with E-state index in [1.54, 1.807) is 18.2 Å². The van der Waals surface area contributed by atoms with E-state index in [-0.39, 0.29) is 32.1 Å². The van der Waals surface area contributed by atoms with Gasteiger partial charge >= 0.3 is 6.18 Å². The second-order valence-electron chi connectivity index (χ2n) is 7.94. The van der Waals surface area contributed by atoms with Crippen molar-refractivity contribution in [2.24, 2.45) is 0 Å². The van der Waals surface area contributed by atoms with E-state index in [1.807, 2.05) is 0 Å². The van der Waals surface area contributed by atoms with Crippen LogP contribution in [0.4, 0.5) is 13.2 Å². The number of hydrogen-bond acceptors (Lipinski definition) is 5. The molecule has 35 heavy (non-hydrogen) atoms. The summed E-state index contributed by atoms with van der Waals surface area (Å²) in [5.41, 5.74) is -0.590. The number of ether oxygens (including phenoxy) is 2. The number of benzene rings is 2. The Kier molecular flexibility index (Phi) is 7.30. The number of nitrogens with zero attached hydrogens (tertiary/aromatic N) is 2. The summed E-state index contributed by atoms with van der Waals surface area (Å²) >= 11 is 6.27. The number of carbonyl (C=O) groups excluding carboxylic acids is 1. The maximum Gasteiger partial charge on any atom is 0.417 e. The van der Waals surface area contributed by atoms with E-state index >= 15 is 0 Å². The minimum atomic E-state index is -4.80. The van der Waals surface area contributed by atoms with Crippen LogP contribution in [0.15, 0.2) is 47.4 Å². The van der Waals surface area contributed by atoms with E-state index in [0.717, 1.165) is 28.9 Å². The Morgan fingerprint density at radius 1 is 1.03 bits per heavy atom. The number of amides is 1. The van der Waals surface area contributed by atoms with Crippen LogP contribution in [0.25, 0.3) is 6.08 Å². The van der Waals surface area contributed by atoms with E-state index < -0.39 is 26.7 Å². The molecule has 1 amide bonds. The molecule has 0 aliphatic carbocycles. The monoisotopic (exact) mass is 530 g/mol. The van der Waals surface area contributed by atoms with E-state index in [0.29, 0.717) is 35.3 Å². The summed E-state index contributed by atoms with van der Waals surface area (Å²) in [5, 5.41) is 0.356. The number of fused-ring (bicyclic) bond motifs is 1. The van der Waals surface area contributed by atoms with Gasteiger partial charge in [0.15, 0.2) is 11.5 Å². The Labute approximate surface area is 205 Å². The molecule has 12 heteroatoms. The van der Waals surface area contributed by atoms with Crippen LogP contribution in [0.1, 0.15) is 17.5 Å². The smallest absolute Gasteiger partial charge is 0.417 e. The molecule has 2 heterocycles. The van der Waals surface area contributed by atoms with Crippen molar-refractivity contribution in [1.82, 2.24) is 9.21 Å². The molecule has 0 radical (unpaired) electrons. The molecule has 2 aliphatic heterocycles. The Bertz CT molecular complexity index is 1240. The lowest BCUT2D eigenvalue weighted by Gasteiger charge is -2.33. The average molecular weight is 531 g/mol. The summed E-state index contributed by atoms with van der Waals surface area (Å²) in [6.45, 7) is 0.810. The van der Waals surface area contributed by atoms with Gasteiger partial charge in [0.2, 0.25) is 15.9 Å². The van der Waals surface area contributed by atoms with Crippen LogP contribution < -0.4 is 9.47 Å². The maximum absolute atomic E-state index is 13.3. The molecule has 7 nitrogen and oxygen atoms in total. The molecule has 0 unspecified atom stereocenters. The van der Waals surface area contributed by atoms with Crippen LogP contribution in [0.3, 0.4) is 0 Å². The standard InChI is InChI=1S/C23H22ClF3N2O5S/c24-18-14-16(15-19-22(18)34-13-3-12-33-19)6-7-21(30)28-8-10-29(11-9-28)35(31,32)20-5-2-1-4-17(20)23(25,26)27/h1-2,4-7,14-15H,3,8-13H2. The van der Waals surface area contributed by atoms with Crippen LogP contribution in [0.5, 0.6) is 11.5 Å². The van der Waals surface area contributed by atoms with Crippen LogP contribution in [0.2, 0.25) is 5.02 Å². The van der Waals surface area contributed by atoms with Crippen LogP contribution in [-0.4, -0.2) is 62.9 Å². The lowest BCUT2D eigenvalue weighted by Crippen LogP contribution is -2.50. The fourth-order valence-electron chi connectivity index (χ4n) is 3.83. The lowest BCUT2D eigenvalue weighted by molar-refractivity contribution is -0.139. The van der Waals surface area contributed by atoms with Gasteiger partial charge in [-0.2, -0.15) is 17.5 Å². The average Bonchev–Trinajstić information content (AvgIpc) is 3.08. The highest BCUT2D eigenvalue weighted by Gasteiger charge is 2.39. The maximum atomic E-state index is 13.3. The van der Waals surface area contributed by atoms with E-state index in [2.05, 4.69) is 0 Å². The summed E-state index contributed by atoms with van der Waals surface area (Å²) < 4.78 is 77.9. The first-order chi connectivity index (χ1) is 16.6.